The van der Waals surface area contributed by atoms with Gasteiger partial charge in [-0.1, -0.05) is 0 Å². The van der Waals surface area contributed by atoms with Gasteiger partial charge < -0.3 is 19.9 Å². The Hall–Kier alpha value is -2.68. The van der Waals surface area contributed by atoms with Crippen molar-refractivity contribution in [1.29, 1.82) is 0 Å². The highest BCUT2D eigenvalue weighted by molar-refractivity contribution is 5.97. The molecule has 1 aliphatic rings. The average Bonchev–Trinajstić information content (AvgIpc) is 2.90. The Morgan fingerprint density at radius 1 is 1.55 bits per heavy atom. The number of ether oxygens (including phenoxy) is 2. The van der Waals surface area contributed by atoms with Gasteiger partial charge in [0.05, 0.1) is 23.7 Å². The van der Waals surface area contributed by atoms with Crippen LogP contribution in [-0.2, 0) is 14.3 Å². The third kappa shape index (κ3) is 3.50. The number of anilines is 1. The van der Waals surface area contributed by atoms with Crippen molar-refractivity contribution in [2.45, 2.75) is 12.5 Å². The quantitative estimate of drug-likeness (QED) is 0.441. The molecule has 2 N–H and O–H groups in total. The zero-order valence-corrected chi connectivity index (χ0v) is 11.5. The summed E-state index contributed by atoms with van der Waals surface area (Å²) < 4.78 is 9.71. The topological polar surface area (TPSA) is 128 Å². The predicted molar refractivity (Wildman–Crippen MR) is 73.5 cm³/mol. The van der Waals surface area contributed by atoms with Crippen molar-refractivity contribution in [2.75, 3.05) is 25.1 Å². The number of aliphatic hydroxyl groups excluding tert-OH is 1. The van der Waals surface area contributed by atoms with Gasteiger partial charge in [0.1, 0.15) is 0 Å². The second-order valence-electron chi connectivity index (χ2n) is 4.49. The Morgan fingerprint density at radius 2 is 2.32 bits per heavy atom. The van der Waals surface area contributed by atoms with Crippen molar-refractivity contribution in [3.8, 4) is 0 Å². The number of aliphatic hydroxyl groups is 1. The second kappa shape index (κ2) is 6.85. The molecule has 0 radical (unpaired) electrons. The molecule has 9 heteroatoms. The Labute approximate surface area is 125 Å². The molecule has 1 fully saturated rings. The maximum absolute atomic E-state index is 12.1. The average molecular weight is 310 g/mol. The molecule has 9 nitrogen and oxygen atoms in total. The van der Waals surface area contributed by atoms with E-state index in [1.807, 2.05) is 0 Å². The van der Waals surface area contributed by atoms with E-state index >= 15 is 0 Å². The summed E-state index contributed by atoms with van der Waals surface area (Å²) in [6.45, 7) is 0.144. The molecule has 0 aromatic heterocycles. The lowest BCUT2D eigenvalue weighted by Crippen LogP contribution is -2.23. The van der Waals surface area contributed by atoms with Crippen molar-refractivity contribution in [1.82, 2.24) is 0 Å². The van der Waals surface area contributed by atoms with E-state index in [9.17, 15) is 19.7 Å². The summed E-state index contributed by atoms with van der Waals surface area (Å²) in [5, 5.41) is 22.4. The summed E-state index contributed by atoms with van der Waals surface area (Å²) in [5.41, 5.74) is -0.0890. The number of esters is 2. The molecule has 1 unspecified atom stereocenters. The van der Waals surface area contributed by atoms with Crippen LogP contribution < -0.4 is 5.32 Å². The van der Waals surface area contributed by atoms with E-state index in [4.69, 9.17) is 9.84 Å². The SMILES string of the molecule is O=C(OC1CCOC1=O)c1cc([N+](=O)[O-])ccc1NCCO. The van der Waals surface area contributed by atoms with Gasteiger partial charge in [0.25, 0.3) is 5.69 Å². The van der Waals surface area contributed by atoms with E-state index in [1.54, 1.807) is 0 Å². The van der Waals surface area contributed by atoms with Crippen LogP contribution in [-0.4, -0.2) is 47.8 Å². The first-order valence-electron chi connectivity index (χ1n) is 6.53. The van der Waals surface area contributed by atoms with Crippen molar-refractivity contribution in [2.24, 2.45) is 0 Å². The molecule has 118 valence electrons. The lowest BCUT2D eigenvalue weighted by atomic mass is 10.1. The fourth-order valence-corrected chi connectivity index (χ4v) is 1.94. The van der Waals surface area contributed by atoms with E-state index in [2.05, 4.69) is 10.1 Å². The highest BCUT2D eigenvalue weighted by Crippen LogP contribution is 2.24. The summed E-state index contributed by atoms with van der Waals surface area (Å²) in [6.07, 6.45) is -0.753. The Bertz CT molecular complexity index is 602. The number of nitrogens with one attached hydrogen (secondary N) is 1. The number of carbonyl (C=O) groups excluding carboxylic acids is 2. The maximum atomic E-state index is 12.1. The normalized spacial score (nSPS) is 17.0. The minimum Gasteiger partial charge on any atom is -0.463 e. The first-order valence-corrected chi connectivity index (χ1v) is 6.53. The molecule has 0 aliphatic carbocycles. The Morgan fingerprint density at radius 3 is 2.91 bits per heavy atom. The standard InChI is InChI=1S/C13H14N2O7/c16-5-4-14-10-2-1-8(15(19)20)7-9(10)12(17)22-11-3-6-21-13(11)18/h1-2,7,11,14,16H,3-6H2. The third-order valence-corrected chi connectivity index (χ3v) is 3.00. The third-order valence-electron chi connectivity index (χ3n) is 3.00. The van der Waals surface area contributed by atoms with Crippen LogP contribution in [0.2, 0.25) is 0 Å². The number of non-ortho nitro benzene ring substituents is 1. The number of nitro benzene ring substituents is 1. The first-order chi connectivity index (χ1) is 10.5. The molecule has 22 heavy (non-hydrogen) atoms. The number of rotatable bonds is 6. The van der Waals surface area contributed by atoms with Crippen molar-refractivity contribution in [3.05, 3.63) is 33.9 Å². The minimum atomic E-state index is -1.00. The number of cyclic esters (lactones) is 1. The smallest absolute Gasteiger partial charge is 0.347 e. The molecular weight excluding hydrogens is 296 g/mol. The summed E-state index contributed by atoms with van der Waals surface area (Å²) in [7, 11) is 0. The largest absolute Gasteiger partial charge is 0.463 e. The number of hydrogen-bond acceptors (Lipinski definition) is 8. The van der Waals surface area contributed by atoms with Crippen molar-refractivity contribution < 1.29 is 29.1 Å². The zero-order valence-electron chi connectivity index (χ0n) is 11.5. The van der Waals surface area contributed by atoms with Crippen LogP contribution in [0, 0.1) is 10.1 Å². The number of hydrogen-bond donors (Lipinski definition) is 2. The monoisotopic (exact) mass is 310 g/mol. The number of nitro groups is 1. The van der Waals surface area contributed by atoms with Crippen LogP contribution in [0.15, 0.2) is 18.2 Å². The van der Waals surface area contributed by atoms with Gasteiger partial charge in [0, 0.05) is 30.8 Å². The van der Waals surface area contributed by atoms with E-state index in [1.165, 1.54) is 12.1 Å². The first kappa shape index (κ1) is 15.7. The summed E-state index contributed by atoms with van der Waals surface area (Å²) in [5.74, 6) is -1.50. The highest BCUT2D eigenvalue weighted by atomic mass is 16.6. The molecule has 2 rings (SSSR count). The molecule has 1 aromatic carbocycles. The summed E-state index contributed by atoms with van der Waals surface area (Å²) in [6, 6.07) is 3.63. The zero-order chi connectivity index (χ0) is 16.1. The fraction of sp³-hybridized carbons (Fsp3) is 0.385. The van der Waals surface area contributed by atoms with Crippen LogP contribution in [0.5, 0.6) is 0 Å². The summed E-state index contributed by atoms with van der Waals surface area (Å²) in [4.78, 5) is 33.6. The lowest BCUT2D eigenvalue weighted by Gasteiger charge is -2.12. The van der Waals surface area contributed by atoms with Gasteiger partial charge >= 0.3 is 11.9 Å². The molecule has 1 atom stereocenters. The van der Waals surface area contributed by atoms with Crippen LogP contribution >= 0.6 is 0 Å². The molecule has 0 spiro atoms. The summed E-state index contributed by atoms with van der Waals surface area (Å²) >= 11 is 0. The molecule has 0 saturated carbocycles. The number of carbonyl (C=O) groups is 2. The van der Waals surface area contributed by atoms with E-state index in [0.29, 0.717) is 0 Å². The predicted octanol–water partition coefficient (Wildman–Crippen LogP) is 0.471. The number of nitrogens with zero attached hydrogens (tertiary/aromatic N) is 1. The van der Waals surface area contributed by atoms with E-state index in [-0.39, 0.29) is 43.1 Å². The number of benzene rings is 1. The fourth-order valence-electron chi connectivity index (χ4n) is 1.94. The molecular formula is C13H14N2O7. The lowest BCUT2D eigenvalue weighted by molar-refractivity contribution is -0.384. The van der Waals surface area contributed by atoms with Gasteiger partial charge in [-0.3, -0.25) is 10.1 Å². The van der Waals surface area contributed by atoms with Crippen LogP contribution in [0.3, 0.4) is 0 Å². The van der Waals surface area contributed by atoms with Crippen molar-refractivity contribution in [3.63, 3.8) is 0 Å². The Kier molecular flexibility index (Phi) is 4.89. The second-order valence-corrected chi connectivity index (χ2v) is 4.49. The van der Waals surface area contributed by atoms with Crippen LogP contribution in [0.25, 0.3) is 0 Å². The highest BCUT2D eigenvalue weighted by Gasteiger charge is 2.31. The van der Waals surface area contributed by atoms with Crippen molar-refractivity contribution >= 4 is 23.3 Å². The van der Waals surface area contributed by atoms with Gasteiger partial charge in [-0.05, 0) is 6.07 Å². The van der Waals surface area contributed by atoms with E-state index < -0.39 is 23.0 Å². The minimum absolute atomic E-state index is 0.0812. The van der Waals surface area contributed by atoms with Gasteiger partial charge in [0.15, 0.2) is 0 Å². The maximum Gasteiger partial charge on any atom is 0.347 e. The van der Waals surface area contributed by atoms with Gasteiger partial charge in [-0.15, -0.1) is 0 Å². The molecule has 1 saturated heterocycles. The molecule has 1 heterocycles. The van der Waals surface area contributed by atoms with Crippen LogP contribution in [0.4, 0.5) is 11.4 Å². The molecule has 0 amide bonds. The van der Waals surface area contributed by atoms with Crippen LogP contribution in [0.1, 0.15) is 16.8 Å². The van der Waals surface area contributed by atoms with E-state index in [0.717, 1.165) is 6.07 Å². The van der Waals surface area contributed by atoms with Gasteiger partial charge in [-0.2, -0.15) is 0 Å². The molecule has 1 aliphatic heterocycles. The van der Waals surface area contributed by atoms with Gasteiger partial charge in [0.2, 0.25) is 6.10 Å². The Balaban J connectivity index is 2.24. The molecule has 0 bridgehead atoms. The molecule has 1 aromatic rings. The van der Waals surface area contributed by atoms with Gasteiger partial charge in [-0.25, -0.2) is 9.59 Å².